The molecule has 3 rings (SSSR count). The zero-order valence-corrected chi connectivity index (χ0v) is 14.7. The average Bonchev–Trinajstić information content (AvgIpc) is 3.06. The van der Waals surface area contributed by atoms with Gasteiger partial charge in [-0.2, -0.15) is 0 Å². The number of rotatable bonds is 6. The summed E-state index contributed by atoms with van der Waals surface area (Å²) in [6, 6.07) is 5.42. The maximum Gasteiger partial charge on any atom is 0.270 e. The van der Waals surface area contributed by atoms with Gasteiger partial charge in [-0.1, -0.05) is 6.07 Å². The smallest absolute Gasteiger partial charge is 0.270 e. The molecule has 0 aromatic carbocycles. The van der Waals surface area contributed by atoms with Crippen LogP contribution in [0.4, 0.5) is 0 Å². The fourth-order valence-electron chi connectivity index (χ4n) is 3.27. The number of likely N-dealkylation sites (tertiary alicyclic amines) is 1. The summed E-state index contributed by atoms with van der Waals surface area (Å²) >= 11 is 0. The number of pyridine rings is 1. The van der Waals surface area contributed by atoms with Crippen molar-refractivity contribution in [2.24, 2.45) is 5.92 Å². The fourth-order valence-corrected chi connectivity index (χ4v) is 3.27. The van der Waals surface area contributed by atoms with E-state index in [1.165, 1.54) is 10.6 Å². The predicted molar refractivity (Wildman–Crippen MR) is 95.0 cm³/mol. The average molecular weight is 344 g/mol. The molecule has 25 heavy (non-hydrogen) atoms. The van der Waals surface area contributed by atoms with Crippen molar-refractivity contribution in [3.8, 4) is 0 Å². The lowest BCUT2D eigenvalue weighted by molar-refractivity contribution is 0.0944. The molecular weight excluding hydrogens is 320 g/mol. The van der Waals surface area contributed by atoms with Crippen LogP contribution in [0.25, 0.3) is 5.65 Å². The molecule has 0 saturated carbocycles. The van der Waals surface area contributed by atoms with Crippen molar-refractivity contribution in [3.05, 3.63) is 46.0 Å². The van der Waals surface area contributed by atoms with Gasteiger partial charge in [-0.25, -0.2) is 4.98 Å². The quantitative estimate of drug-likeness (QED) is 0.835. The Morgan fingerprint density at radius 1 is 1.44 bits per heavy atom. The van der Waals surface area contributed by atoms with Gasteiger partial charge < -0.3 is 15.0 Å². The van der Waals surface area contributed by atoms with Gasteiger partial charge in [-0.3, -0.25) is 14.0 Å². The molecule has 1 amide bonds. The molecule has 1 fully saturated rings. The second-order valence-electron chi connectivity index (χ2n) is 6.50. The molecule has 134 valence electrons. The van der Waals surface area contributed by atoms with Crippen LogP contribution in [0.15, 0.2) is 29.2 Å². The van der Waals surface area contributed by atoms with E-state index in [1.807, 2.05) is 19.1 Å². The van der Waals surface area contributed by atoms with E-state index in [2.05, 4.69) is 15.2 Å². The predicted octanol–water partition coefficient (Wildman–Crippen LogP) is 0.701. The lowest BCUT2D eigenvalue weighted by Gasteiger charge is -2.15. The Hall–Kier alpha value is -2.25. The molecule has 1 unspecified atom stereocenters. The molecule has 2 aromatic heterocycles. The van der Waals surface area contributed by atoms with Crippen molar-refractivity contribution in [1.82, 2.24) is 19.6 Å². The third kappa shape index (κ3) is 3.88. The fraction of sp³-hybridized carbons (Fsp3) is 0.500. The van der Waals surface area contributed by atoms with Crippen LogP contribution in [0, 0.1) is 12.8 Å². The minimum Gasteiger partial charge on any atom is -0.383 e. The van der Waals surface area contributed by atoms with Gasteiger partial charge in [0.1, 0.15) is 11.2 Å². The first-order valence-corrected chi connectivity index (χ1v) is 8.57. The van der Waals surface area contributed by atoms with E-state index in [-0.39, 0.29) is 17.0 Å². The minimum absolute atomic E-state index is 0.0843. The number of methoxy groups -OCH3 is 1. The van der Waals surface area contributed by atoms with Crippen molar-refractivity contribution in [3.63, 3.8) is 0 Å². The molecule has 7 heteroatoms. The zero-order valence-electron chi connectivity index (χ0n) is 14.7. The van der Waals surface area contributed by atoms with Crippen LogP contribution in [-0.4, -0.2) is 60.1 Å². The van der Waals surface area contributed by atoms with Crippen LogP contribution in [0.3, 0.4) is 0 Å². The first kappa shape index (κ1) is 17.6. The third-order valence-corrected chi connectivity index (χ3v) is 4.70. The van der Waals surface area contributed by atoms with E-state index in [1.54, 1.807) is 13.2 Å². The van der Waals surface area contributed by atoms with E-state index in [4.69, 9.17) is 4.74 Å². The number of amides is 1. The van der Waals surface area contributed by atoms with Crippen molar-refractivity contribution in [1.29, 1.82) is 0 Å². The second-order valence-corrected chi connectivity index (χ2v) is 6.50. The zero-order chi connectivity index (χ0) is 17.8. The largest absolute Gasteiger partial charge is 0.383 e. The van der Waals surface area contributed by atoms with Gasteiger partial charge in [-0.05, 0) is 37.9 Å². The lowest BCUT2D eigenvalue weighted by atomic mass is 10.1. The van der Waals surface area contributed by atoms with Gasteiger partial charge >= 0.3 is 0 Å². The summed E-state index contributed by atoms with van der Waals surface area (Å²) < 4.78 is 6.57. The Morgan fingerprint density at radius 3 is 3.08 bits per heavy atom. The first-order valence-electron chi connectivity index (χ1n) is 8.57. The highest BCUT2D eigenvalue weighted by molar-refractivity contribution is 5.93. The van der Waals surface area contributed by atoms with E-state index < -0.39 is 0 Å². The number of fused-ring (bicyclic) bond motifs is 1. The molecule has 1 aliphatic rings. The lowest BCUT2D eigenvalue weighted by Crippen LogP contribution is -2.35. The number of carbonyl (C=O) groups is 1. The summed E-state index contributed by atoms with van der Waals surface area (Å²) in [5.74, 6) is 0.0456. The molecule has 0 radical (unpaired) electrons. The summed E-state index contributed by atoms with van der Waals surface area (Å²) in [5, 5.41) is 2.89. The SMILES string of the molecule is COCCN1CCC(CNC(=O)c2cnc3cccc(C)n3c2=O)C1. The topological polar surface area (TPSA) is 75.9 Å². The first-order chi connectivity index (χ1) is 12.1. The Balaban J connectivity index is 1.64. The Bertz CT molecular complexity index is 818. The number of carbonyl (C=O) groups excluding carboxylic acids is 1. The number of hydrogen-bond donors (Lipinski definition) is 1. The van der Waals surface area contributed by atoms with Crippen molar-refractivity contribution < 1.29 is 9.53 Å². The number of ether oxygens (including phenoxy) is 1. The molecule has 0 spiro atoms. The number of hydrogen-bond acceptors (Lipinski definition) is 5. The Labute approximate surface area is 146 Å². The Kier molecular flexibility index (Phi) is 5.45. The summed E-state index contributed by atoms with van der Waals surface area (Å²) in [6.07, 6.45) is 2.41. The molecule has 2 aromatic rings. The van der Waals surface area contributed by atoms with Gasteiger partial charge in [0.25, 0.3) is 11.5 Å². The number of aryl methyl sites for hydroxylation is 1. The number of aromatic nitrogens is 2. The molecule has 1 N–H and O–H groups in total. The third-order valence-electron chi connectivity index (χ3n) is 4.70. The van der Waals surface area contributed by atoms with Crippen LogP contribution in [0.5, 0.6) is 0 Å². The molecular formula is C18H24N4O3. The van der Waals surface area contributed by atoms with E-state index in [9.17, 15) is 9.59 Å². The van der Waals surface area contributed by atoms with E-state index in [0.717, 1.165) is 38.4 Å². The van der Waals surface area contributed by atoms with E-state index >= 15 is 0 Å². The van der Waals surface area contributed by atoms with Crippen LogP contribution in [-0.2, 0) is 4.74 Å². The van der Waals surface area contributed by atoms with Gasteiger partial charge in [0, 0.05) is 38.6 Å². The molecule has 1 atom stereocenters. The van der Waals surface area contributed by atoms with Gasteiger partial charge in [-0.15, -0.1) is 0 Å². The maximum absolute atomic E-state index is 12.6. The maximum atomic E-state index is 12.6. The Morgan fingerprint density at radius 2 is 2.28 bits per heavy atom. The van der Waals surface area contributed by atoms with Crippen molar-refractivity contribution in [2.45, 2.75) is 13.3 Å². The van der Waals surface area contributed by atoms with Crippen LogP contribution >= 0.6 is 0 Å². The van der Waals surface area contributed by atoms with Gasteiger partial charge in [0.2, 0.25) is 0 Å². The van der Waals surface area contributed by atoms with Crippen LogP contribution < -0.4 is 10.9 Å². The van der Waals surface area contributed by atoms with Crippen molar-refractivity contribution in [2.75, 3.05) is 39.9 Å². The minimum atomic E-state index is -0.356. The molecule has 1 aliphatic heterocycles. The second kappa shape index (κ2) is 7.76. The normalized spacial score (nSPS) is 17.9. The van der Waals surface area contributed by atoms with Crippen LogP contribution in [0.2, 0.25) is 0 Å². The molecule has 7 nitrogen and oxygen atoms in total. The summed E-state index contributed by atoms with van der Waals surface area (Å²) in [5.41, 5.74) is 1.06. The summed E-state index contributed by atoms with van der Waals surface area (Å²) in [7, 11) is 1.70. The summed E-state index contributed by atoms with van der Waals surface area (Å²) in [6.45, 7) is 5.98. The van der Waals surface area contributed by atoms with Gasteiger partial charge in [0.15, 0.2) is 0 Å². The van der Waals surface area contributed by atoms with E-state index in [0.29, 0.717) is 18.1 Å². The van der Waals surface area contributed by atoms with Gasteiger partial charge in [0.05, 0.1) is 6.61 Å². The standard InChI is InChI=1S/C18H24N4O3/c1-13-4-3-5-16-19-11-15(18(24)22(13)16)17(23)20-10-14-6-7-21(12-14)8-9-25-2/h3-5,11,14H,6-10,12H2,1-2H3,(H,20,23). The highest BCUT2D eigenvalue weighted by atomic mass is 16.5. The van der Waals surface area contributed by atoms with Crippen molar-refractivity contribution >= 4 is 11.6 Å². The highest BCUT2D eigenvalue weighted by Crippen LogP contribution is 2.14. The highest BCUT2D eigenvalue weighted by Gasteiger charge is 2.23. The number of nitrogens with zero attached hydrogens (tertiary/aromatic N) is 3. The monoisotopic (exact) mass is 344 g/mol. The molecule has 1 saturated heterocycles. The molecule has 0 aliphatic carbocycles. The summed E-state index contributed by atoms with van der Waals surface area (Å²) in [4.78, 5) is 31.6. The number of nitrogens with one attached hydrogen (secondary N) is 1. The molecule has 0 bridgehead atoms. The van der Waals surface area contributed by atoms with Crippen LogP contribution in [0.1, 0.15) is 22.5 Å². The molecule has 3 heterocycles.